The van der Waals surface area contributed by atoms with Gasteiger partial charge in [-0.15, -0.1) is 0 Å². The molecule has 2 rings (SSSR count). The van der Waals surface area contributed by atoms with Crippen molar-refractivity contribution in [2.75, 3.05) is 19.6 Å². The van der Waals surface area contributed by atoms with Crippen LogP contribution >= 0.6 is 0 Å². The number of hydrogen-bond acceptors (Lipinski definition) is 2. The van der Waals surface area contributed by atoms with E-state index in [2.05, 4.69) is 36.6 Å². The van der Waals surface area contributed by atoms with Gasteiger partial charge in [0.2, 0.25) is 5.91 Å². The normalized spacial score (nSPS) is 17.0. The second-order valence-electron chi connectivity index (χ2n) is 5.29. The highest BCUT2D eigenvalue weighted by Gasteiger charge is 2.18. The van der Waals surface area contributed by atoms with Crippen molar-refractivity contribution in [3.05, 3.63) is 35.4 Å². The Bertz CT molecular complexity index is 413. The molecule has 0 bridgehead atoms. The Morgan fingerprint density at radius 3 is 2.78 bits per heavy atom. The highest BCUT2D eigenvalue weighted by Crippen LogP contribution is 2.22. The minimum Gasteiger partial charge on any atom is -0.356 e. The van der Waals surface area contributed by atoms with E-state index in [-0.39, 0.29) is 11.8 Å². The molecule has 1 atom stereocenters. The molecule has 0 aromatic heterocycles. The van der Waals surface area contributed by atoms with Gasteiger partial charge in [0.05, 0.1) is 0 Å². The number of rotatable bonds is 5. The number of nitrogens with one attached hydrogen (secondary N) is 2. The molecular formula is C15H22N2O. The van der Waals surface area contributed by atoms with Crippen LogP contribution in [0.25, 0.3) is 0 Å². The van der Waals surface area contributed by atoms with Gasteiger partial charge in [-0.25, -0.2) is 0 Å². The fourth-order valence-electron chi connectivity index (χ4n) is 2.35. The molecule has 3 nitrogen and oxygen atoms in total. The topological polar surface area (TPSA) is 41.1 Å². The second-order valence-corrected chi connectivity index (χ2v) is 5.29. The van der Waals surface area contributed by atoms with Crippen molar-refractivity contribution >= 4 is 5.91 Å². The lowest BCUT2D eigenvalue weighted by atomic mass is 9.93. The number of aryl methyl sites for hydroxylation is 1. The molecule has 0 aliphatic carbocycles. The van der Waals surface area contributed by atoms with E-state index < -0.39 is 0 Å². The lowest BCUT2D eigenvalue weighted by Crippen LogP contribution is -2.48. The van der Waals surface area contributed by atoms with E-state index in [0.717, 1.165) is 19.6 Å². The van der Waals surface area contributed by atoms with Crippen molar-refractivity contribution in [1.82, 2.24) is 10.6 Å². The summed E-state index contributed by atoms with van der Waals surface area (Å²) in [6, 6.07) is 8.29. The molecular weight excluding hydrogens is 224 g/mol. The number of benzene rings is 1. The SMILES string of the molecule is Cc1ccccc1C(C)CC(=O)NCC1CNC1. The van der Waals surface area contributed by atoms with Gasteiger partial charge in [-0.05, 0) is 24.0 Å². The first kappa shape index (κ1) is 13.1. The molecule has 2 N–H and O–H groups in total. The van der Waals surface area contributed by atoms with Crippen LogP contribution in [0.5, 0.6) is 0 Å². The molecule has 1 amide bonds. The second kappa shape index (κ2) is 6.01. The Labute approximate surface area is 109 Å². The maximum atomic E-state index is 11.9. The maximum Gasteiger partial charge on any atom is 0.220 e. The standard InChI is InChI=1S/C15H22N2O/c1-11-5-3-4-6-14(11)12(2)7-15(18)17-10-13-8-16-9-13/h3-6,12-13,16H,7-10H2,1-2H3,(H,17,18). The molecule has 1 saturated heterocycles. The van der Waals surface area contributed by atoms with E-state index in [4.69, 9.17) is 0 Å². The third-order valence-corrected chi connectivity index (χ3v) is 3.66. The van der Waals surface area contributed by atoms with Gasteiger partial charge >= 0.3 is 0 Å². The summed E-state index contributed by atoms with van der Waals surface area (Å²) in [5.74, 6) is 1.08. The monoisotopic (exact) mass is 246 g/mol. The van der Waals surface area contributed by atoms with Crippen LogP contribution in [0.4, 0.5) is 0 Å². The zero-order valence-electron chi connectivity index (χ0n) is 11.2. The molecule has 0 saturated carbocycles. The van der Waals surface area contributed by atoms with E-state index in [9.17, 15) is 4.79 Å². The summed E-state index contributed by atoms with van der Waals surface area (Å²) >= 11 is 0. The lowest BCUT2D eigenvalue weighted by molar-refractivity contribution is -0.121. The molecule has 3 heteroatoms. The number of amides is 1. The van der Waals surface area contributed by atoms with Crippen molar-refractivity contribution in [3.8, 4) is 0 Å². The van der Waals surface area contributed by atoms with Crippen LogP contribution < -0.4 is 10.6 Å². The summed E-state index contributed by atoms with van der Waals surface area (Å²) in [7, 11) is 0. The van der Waals surface area contributed by atoms with Crippen LogP contribution in [0.1, 0.15) is 30.4 Å². The molecule has 1 fully saturated rings. The van der Waals surface area contributed by atoms with Gasteiger partial charge in [-0.1, -0.05) is 31.2 Å². The van der Waals surface area contributed by atoms with Crippen molar-refractivity contribution in [1.29, 1.82) is 0 Å². The number of hydrogen-bond donors (Lipinski definition) is 2. The highest BCUT2D eigenvalue weighted by atomic mass is 16.1. The zero-order chi connectivity index (χ0) is 13.0. The molecule has 1 aliphatic heterocycles. The van der Waals surface area contributed by atoms with Gasteiger partial charge < -0.3 is 10.6 Å². The predicted octanol–water partition coefficient (Wildman–Crippen LogP) is 1.82. The van der Waals surface area contributed by atoms with Gasteiger partial charge in [0.25, 0.3) is 0 Å². The van der Waals surface area contributed by atoms with Gasteiger partial charge in [0.15, 0.2) is 0 Å². The van der Waals surface area contributed by atoms with Crippen molar-refractivity contribution < 1.29 is 4.79 Å². The fraction of sp³-hybridized carbons (Fsp3) is 0.533. The zero-order valence-corrected chi connectivity index (χ0v) is 11.2. The van der Waals surface area contributed by atoms with E-state index in [0.29, 0.717) is 12.3 Å². The van der Waals surface area contributed by atoms with Gasteiger partial charge in [-0.2, -0.15) is 0 Å². The Morgan fingerprint density at radius 2 is 2.17 bits per heavy atom. The van der Waals surface area contributed by atoms with E-state index >= 15 is 0 Å². The van der Waals surface area contributed by atoms with Crippen LogP contribution in [0.15, 0.2) is 24.3 Å². The summed E-state index contributed by atoms with van der Waals surface area (Å²) < 4.78 is 0. The van der Waals surface area contributed by atoms with Crippen LogP contribution in [-0.4, -0.2) is 25.5 Å². The molecule has 1 aliphatic rings. The largest absolute Gasteiger partial charge is 0.356 e. The molecule has 0 radical (unpaired) electrons. The molecule has 1 heterocycles. The fourth-order valence-corrected chi connectivity index (χ4v) is 2.35. The Morgan fingerprint density at radius 1 is 1.44 bits per heavy atom. The van der Waals surface area contributed by atoms with Crippen molar-refractivity contribution in [2.45, 2.75) is 26.2 Å². The van der Waals surface area contributed by atoms with E-state index in [1.807, 2.05) is 12.1 Å². The van der Waals surface area contributed by atoms with Crippen molar-refractivity contribution in [3.63, 3.8) is 0 Å². The summed E-state index contributed by atoms with van der Waals surface area (Å²) in [6.07, 6.45) is 0.574. The number of carbonyl (C=O) groups excluding carboxylic acids is 1. The van der Waals surface area contributed by atoms with Crippen LogP contribution in [-0.2, 0) is 4.79 Å². The van der Waals surface area contributed by atoms with Crippen LogP contribution in [0.2, 0.25) is 0 Å². The van der Waals surface area contributed by atoms with Gasteiger partial charge in [0, 0.05) is 32.0 Å². The van der Waals surface area contributed by atoms with Gasteiger partial charge in [0.1, 0.15) is 0 Å². The lowest BCUT2D eigenvalue weighted by Gasteiger charge is -2.27. The molecule has 1 aromatic carbocycles. The quantitative estimate of drug-likeness (QED) is 0.832. The summed E-state index contributed by atoms with van der Waals surface area (Å²) in [5.41, 5.74) is 2.54. The van der Waals surface area contributed by atoms with Crippen LogP contribution in [0.3, 0.4) is 0 Å². The minimum absolute atomic E-state index is 0.164. The molecule has 1 aromatic rings. The summed E-state index contributed by atoms with van der Waals surface area (Å²) in [6.45, 7) is 7.10. The molecule has 0 spiro atoms. The Balaban J connectivity index is 1.81. The van der Waals surface area contributed by atoms with Crippen molar-refractivity contribution in [2.24, 2.45) is 5.92 Å². The van der Waals surface area contributed by atoms with E-state index in [1.54, 1.807) is 0 Å². The van der Waals surface area contributed by atoms with Gasteiger partial charge in [-0.3, -0.25) is 4.79 Å². The maximum absolute atomic E-state index is 11.9. The summed E-state index contributed by atoms with van der Waals surface area (Å²) in [4.78, 5) is 11.9. The molecule has 18 heavy (non-hydrogen) atoms. The highest BCUT2D eigenvalue weighted by molar-refractivity contribution is 5.76. The first-order chi connectivity index (χ1) is 8.66. The average Bonchev–Trinajstić information content (AvgIpc) is 2.27. The third kappa shape index (κ3) is 3.33. The Hall–Kier alpha value is -1.35. The Kier molecular flexibility index (Phi) is 4.37. The molecule has 1 unspecified atom stereocenters. The average molecular weight is 246 g/mol. The smallest absolute Gasteiger partial charge is 0.220 e. The predicted molar refractivity (Wildman–Crippen MR) is 73.6 cm³/mol. The minimum atomic E-state index is 0.164. The van der Waals surface area contributed by atoms with Crippen LogP contribution in [0, 0.1) is 12.8 Å². The first-order valence-electron chi connectivity index (χ1n) is 6.69. The van der Waals surface area contributed by atoms with E-state index in [1.165, 1.54) is 11.1 Å². The summed E-state index contributed by atoms with van der Waals surface area (Å²) in [5, 5.41) is 6.23. The number of carbonyl (C=O) groups is 1. The first-order valence-corrected chi connectivity index (χ1v) is 6.69. The third-order valence-electron chi connectivity index (χ3n) is 3.66. The molecule has 98 valence electrons.